The molecule has 0 radical (unpaired) electrons. The highest BCUT2D eigenvalue weighted by molar-refractivity contribution is 5.85. The molecule has 1 aliphatic rings. The molecule has 1 N–H and O–H groups in total. The summed E-state index contributed by atoms with van der Waals surface area (Å²) < 4.78 is 0. The van der Waals surface area contributed by atoms with E-state index in [4.69, 9.17) is 0 Å². The van der Waals surface area contributed by atoms with Crippen LogP contribution in [0, 0.1) is 0 Å². The van der Waals surface area contributed by atoms with Crippen molar-refractivity contribution >= 4 is 30.9 Å². The smallest absolute Gasteiger partial charge is 0.0627 e. The Balaban J connectivity index is 0.000000980. The van der Waals surface area contributed by atoms with Crippen LogP contribution in [-0.4, -0.2) is 17.6 Å². The minimum absolute atomic E-state index is 0. The number of halogens is 2. The van der Waals surface area contributed by atoms with Crippen LogP contribution in [0.15, 0.2) is 30.5 Å². The first-order chi connectivity index (χ1) is 6.45. The zero-order valence-corrected chi connectivity index (χ0v) is 10.1. The van der Waals surface area contributed by atoms with E-state index in [1.807, 2.05) is 24.4 Å². The van der Waals surface area contributed by atoms with Gasteiger partial charge in [0, 0.05) is 12.2 Å². The monoisotopic (exact) mass is 246 g/mol. The van der Waals surface area contributed by atoms with Gasteiger partial charge in [-0.15, -0.1) is 24.8 Å². The van der Waals surface area contributed by atoms with Crippen LogP contribution in [0.5, 0.6) is 0 Å². The second kappa shape index (κ2) is 7.69. The minimum atomic E-state index is 0. The van der Waals surface area contributed by atoms with Crippen molar-refractivity contribution in [2.75, 3.05) is 6.54 Å². The molecule has 1 aromatic heterocycles. The highest BCUT2D eigenvalue weighted by atomic mass is 35.5. The standard InChI is InChI=1S/C11H14N2.2ClH/c1-2-8-12-10(4-1)6-7-11-5-3-9-13-11;;/h1-2,4,6-8,11,13H,3,5,9H2;2*1H/b7-6+;;. The number of nitrogens with zero attached hydrogens (tertiary/aromatic N) is 1. The van der Waals surface area contributed by atoms with Crippen LogP contribution in [0.1, 0.15) is 18.5 Å². The normalized spacial score (nSPS) is 19.6. The second-order valence-electron chi connectivity index (χ2n) is 3.32. The van der Waals surface area contributed by atoms with Gasteiger partial charge in [0.05, 0.1) is 5.69 Å². The molecule has 2 nitrogen and oxygen atoms in total. The van der Waals surface area contributed by atoms with E-state index in [-0.39, 0.29) is 24.8 Å². The molecule has 1 saturated heterocycles. The fourth-order valence-corrected chi connectivity index (χ4v) is 1.57. The van der Waals surface area contributed by atoms with Crippen molar-refractivity contribution in [2.24, 2.45) is 0 Å². The molecule has 0 aliphatic carbocycles. The topological polar surface area (TPSA) is 24.9 Å². The Morgan fingerprint density at radius 2 is 2.20 bits per heavy atom. The summed E-state index contributed by atoms with van der Waals surface area (Å²) in [6, 6.07) is 6.52. The maximum absolute atomic E-state index is 4.23. The third-order valence-electron chi connectivity index (χ3n) is 2.29. The molecule has 1 atom stereocenters. The summed E-state index contributed by atoms with van der Waals surface area (Å²) >= 11 is 0. The van der Waals surface area contributed by atoms with Crippen LogP contribution in [0.2, 0.25) is 0 Å². The Morgan fingerprint density at radius 1 is 1.33 bits per heavy atom. The van der Waals surface area contributed by atoms with Crippen LogP contribution in [-0.2, 0) is 0 Å². The van der Waals surface area contributed by atoms with Crippen LogP contribution in [0.3, 0.4) is 0 Å². The maximum Gasteiger partial charge on any atom is 0.0627 e. The molecule has 0 bridgehead atoms. The molecule has 1 unspecified atom stereocenters. The Morgan fingerprint density at radius 3 is 2.80 bits per heavy atom. The Hall–Kier alpha value is -0.570. The van der Waals surface area contributed by atoms with Crippen molar-refractivity contribution in [3.05, 3.63) is 36.2 Å². The lowest BCUT2D eigenvalue weighted by Crippen LogP contribution is -2.17. The molecular weight excluding hydrogens is 231 g/mol. The highest BCUT2D eigenvalue weighted by Crippen LogP contribution is 2.07. The average Bonchev–Trinajstić information content (AvgIpc) is 2.69. The predicted octanol–water partition coefficient (Wildman–Crippen LogP) is 2.69. The van der Waals surface area contributed by atoms with Gasteiger partial charge >= 0.3 is 0 Å². The first kappa shape index (κ1) is 14.4. The lowest BCUT2D eigenvalue weighted by Gasteiger charge is -2.01. The summed E-state index contributed by atoms with van der Waals surface area (Å²) in [5, 5.41) is 3.41. The van der Waals surface area contributed by atoms with E-state index in [1.165, 1.54) is 12.8 Å². The van der Waals surface area contributed by atoms with E-state index in [2.05, 4.69) is 22.5 Å². The number of nitrogens with one attached hydrogen (secondary N) is 1. The molecule has 0 spiro atoms. The zero-order valence-electron chi connectivity index (χ0n) is 8.43. The van der Waals surface area contributed by atoms with Crippen molar-refractivity contribution in [2.45, 2.75) is 18.9 Å². The number of hydrogen-bond acceptors (Lipinski definition) is 2. The lowest BCUT2D eigenvalue weighted by molar-refractivity contribution is 0.730. The molecule has 0 aromatic carbocycles. The quantitative estimate of drug-likeness (QED) is 0.869. The summed E-state index contributed by atoms with van der Waals surface area (Å²) in [6.07, 6.45) is 8.65. The highest BCUT2D eigenvalue weighted by Gasteiger charge is 2.09. The summed E-state index contributed by atoms with van der Waals surface area (Å²) in [6.45, 7) is 1.15. The largest absolute Gasteiger partial charge is 0.311 e. The van der Waals surface area contributed by atoms with Gasteiger partial charge in [0.2, 0.25) is 0 Å². The first-order valence-electron chi connectivity index (χ1n) is 4.78. The van der Waals surface area contributed by atoms with Crippen molar-refractivity contribution in [3.63, 3.8) is 0 Å². The third kappa shape index (κ3) is 4.65. The van der Waals surface area contributed by atoms with Crippen molar-refractivity contribution in [1.29, 1.82) is 0 Å². The Bertz CT molecular complexity index is 282. The molecule has 15 heavy (non-hydrogen) atoms. The number of hydrogen-bond donors (Lipinski definition) is 1. The average molecular weight is 247 g/mol. The zero-order chi connectivity index (χ0) is 8.93. The van der Waals surface area contributed by atoms with E-state index in [1.54, 1.807) is 0 Å². The van der Waals surface area contributed by atoms with E-state index < -0.39 is 0 Å². The van der Waals surface area contributed by atoms with Gasteiger partial charge in [-0.2, -0.15) is 0 Å². The number of rotatable bonds is 2. The van der Waals surface area contributed by atoms with Gasteiger partial charge in [0.15, 0.2) is 0 Å². The molecule has 1 aliphatic heterocycles. The third-order valence-corrected chi connectivity index (χ3v) is 2.29. The van der Waals surface area contributed by atoms with Crippen LogP contribution >= 0.6 is 24.8 Å². The molecule has 2 rings (SSSR count). The molecule has 4 heteroatoms. The number of aromatic nitrogens is 1. The Labute approximate surface area is 103 Å². The van der Waals surface area contributed by atoms with E-state index in [0.29, 0.717) is 6.04 Å². The van der Waals surface area contributed by atoms with Crippen LogP contribution in [0.4, 0.5) is 0 Å². The molecule has 0 saturated carbocycles. The minimum Gasteiger partial charge on any atom is -0.311 e. The maximum atomic E-state index is 4.23. The van der Waals surface area contributed by atoms with E-state index in [9.17, 15) is 0 Å². The number of pyridine rings is 1. The second-order valence-corrected chi connectivity index (χ2v) is 3.32. The van der Waals surface area contributed by atoms with Crippen LogP contribution < -0.4 is 5.32 Å². The first-order valence-corrected chi connectivity index (χ1v) is 4.78. The molecular formula is C11H16Cl2N2. The fourth-order valence-electron chi connectivity index (χ4n) is 1.57. The molecule has 84 valence electrons. The van der Waals surface area contributed by atoms with Gasteiger partial charge in [-0.05, 0) is 37.6 Å². The lowest BCUT2D eigenvalue weighted by atomic mass is 10.2. The van der Waals surface area contributed by atoms with Crippen molar-refractivity contribution in [3.8, 4) is 0 Å². The van der Waals surface area contributed by atoms with E-state index >= 15 is 0 Å². The molecule has 2 heterocycles. The fraction of sp³-hybridized carbons (Fsp3) is 0.364. The predicted molar refractivity (Wildman–Crippen MR) is 68.8 cm³/mol. The van der Waals surface area contributed by atoms with Crippen LogP contribution in [0.25, 0.3) is 6.08 Å². The van der Waals surface area contributed by atoms with Gasteiger partial charge in [0.1, 0.15) is 0 Å². The summed E-state index contributed by atoms with van der Waals surface area (Å²) in [5.74, 6) is 0. The van der Waals surface area contributed by atoms with Gasteiger partial charge in [-0.3, -0.25) is 4.98 Å². The molecule has 0 amide bonds. The van der Waals surface area contributed by atoms with Gasteiger partial charge < -0.3 is 5.32 Å². The Kier molecular flexibility index (Phi) is 7.39. The van der Waals surface area contributed by atoms with Gasteiger partial charge in [-0.1, -0.05) is 12.1 Å². The van der Waals surface area contributed by atoms with Gasteiger partial charge in [0.25, 0.3) is 0 Å². The van der Waals surface area contributed by atoms with Crippen molar-refractivity contribution in [1.82, 2.24) is 10.3 Å². The summed E-state index contributed by atoms with van der Waals surface area (Å²) in [4.78, 5) is 4.23. The summed E-state index contributed by atoms with van der Waals surface area (Å²) in [7, 11) is 0. The molecule has 1 fully saturated rings. The molecule has 1 aromatic rings. The van der Waals surface area contributed by atoms with Gasteiger partial charge in [-0.25, -0.2) is 0 Å². The SMILES string of the molecule is C(=C\C1CCCN1)/c1ccccn1.Cl.Cl. The summed E-state index contributed by atoms with van der Waals surface area (Å²) in [5.41, 5.74) is 1.04. The van der Waals surface area contributed by atoms with E-state index in [0.717, 1.165) is 12.2 Å². The van der Waals surface area contributed by atoms with Crippen molar-refractivity contribution < 1.29 is 0 Å².